The number of carboxylic acid groups (broad SMARTS) is 1. The first-order valence-electron chi connectivity index (χ1n) is 8.82. The van der Waals surface area contributed by atoms with E-state index in [1.54, 1.807) is 30.9 Å². The largest absolute Gasteiger partial charge is 0.481 e. The normalized spacial score (nSPS) is 18.1. The van der Waals surface area contributed by atoms with Gasteiger partial charge in [0, 0.05) is 31.1 Å². The highest BCUT2D eigenvalue weighted by Crippen LogP contribution is 2.23. The van der Waals surface area contributed by atoms with Crippen molar-refractivity contribution in [2.45, 2.75) is 50.5 Å². The van der Waals surface area contributed by atoms with Gasteiger partial charge < -0.3 is 10.0 Å². The standard InChI is InChI=1S/C18H26N2O5S/c1-13(2)19-26(24,25)16-7-3-6-15(11-16)18(23)20-10-4-5-14(12-20)8-9-17(21)22/h3,6-7,11,13-14,19H,4-5,8-10,12H2,1-2H3,(H,21,22). The minimum absolute atomic E-state index is 0.0662. The number of nitrogens with zero attached hydrogens (tertiary/aromatic N) is 1. The molecule has 1 amide bonds. The molecule has 8 heteroatoms. The van der Waals surface area contributed by atoms with Crippen molar-refractivity contribution in [2.75, 3.05) is 13.1 Å². The predicted octanol–water partition coefficient (Wildman–Crippen LogP) is 2.09. The minimum atomic E-state index is -3.66. The summed E-state index contributed by atoms with van der Waals surface area (Å²) in [7, 11) is -3.66. The van der Waals surface area contributed by atoms with Gasteiger partial charge in [0.2, 0.25) is 10.0 Å². The maximum absolute atomic E-state index is 12.8. The summed E-state index contributed by atoms with van der Waals surface area (Å²) >= 11 is 0. The SMILES string of the molecule is CC(C)NS(=O)(=O)c1cccc(C(=O)N2CCCC(CCC(=O)O)C2)c1. The first kappa shape index (κ1) is 20.4. The summed E-state index contributed by atoms with van der Waals surface area (Å²) in [5.74, 6) is -0.881. The number of piperidine rings is 1. The number of amides is 1. The molecule has 0 saturated carbocycles. The first-order valence-corrected chi connectivity index (χ1v) is 10.3. The summed E-state index contributed by atoms with van der Waals surface area (Å²) in [6.07, 6.45) is 2.37. The van der Waals surface area contributed by atoms with E-state index in [0.29, 0.717) is 25.1 Å². The Morgan fingerprint density at radius 3 is 2.73 bits per heavy atom. The number of carboxylic acids is 1. The third kappa shape index (κ3) is 5.54. The lowest BCUT2D eigenvalue weighted by atomic mass is 9.93. The van der Waals surface area contributed by atoms with E-state index in [-0.39, 0.29) is 29.2 Å². The molecule has 1 heterocycles. The maximum Gasteiger partial charge on any atom is 0.303 e. The van der Waals surface area contributed by atoms with E-state index in [2.05, 4.69) is 4.72 Å². The number of nitrogens with one attached hydrogen (secondary N) is 1. The molecule has 1 fully saturated rings. The molecule has 0 aromatic heterocycles. The number of carbonyl (C=O) groups excluding carboxylic acids is 1. The highest BCUT2D eigenvalue weighted by molar-refractivity contribution is 7.89. The Kier molecular flexibility index (Phi) is 6.77. The van der Waals surface area contributed by atoms with Gasteiger partial charge in [0.1, 0.15) is 0 Å². The zero-order valence-electron chi connectivity index (χ0n) is 15.1. The van der Waals surface area contributed by atoms with Gasteiger partial charge in [-0.1, -0.05) is 6.07 Å². The van der Waals surface area contributed by atoms with E-state index in [9.17, 15) is 18.0 Å². The van der Waals surface area contributed by atoms with Crippen LogP contribution in [-0.2, 0) is 14.8 Å². The summed E-state index contributed by atoms with van der Waals surface area (Å²) < 4.78 is 27.1. The quantitative estimate of drug-likeness (QED) is 0.751. The molecule has 7 nitrogen and oxygen atoms in total. The van der Waals surface area contributed by atoms with E-state index in [0.717, 1.165) is 12.8 Å². The molecule has 1 saturated heterocycles. The van der Waals surface area contributed by atoms with Crippen LogP contribution in [0.3, 0.4) is 0 Å². The van der Waals surface area contributed by atoms with E-state index >= 15 is 0 Å². The molecule has 1 aliphatic heterocycles. The van der Waals surface area contributed by atoms with Crippen molar-refractivity contribution in [2.24, 2.45) is 5.92 Å². The summed E-state index contributed by atoms with van der Waals surface area (Å²) in [4.78, 5) is 25.3. The van der Waals surface area contributed by atoms with Gasteiger partial charge in [0.25, 0.3) is 5.91 Å². The van der Waals surface area contributed by atoms with Gasteiger partial charge in [-0.2, -0.15) is 0 Å². The van der Waals surface area contributed by atoms with Crippen LogP contribution in [-0.4, -0.2) is 49.4 Å². The van der Waals surface area contributed by atoms with Crippen molar-refractivity contribution in [3.05, 3.63) is 29.8 Å². The van der Waals surface area contributed by atoms with Gasteiger partial charge in [-0.15, -0.1) is 0 Å². The second kappa shape index (κ2) is 8.64. The summed E-state index contributed by atoms with van der Waals surface area (Å²) in [5, 5.41) is 8.82. The van der Waals surface area contributed by atoms with Crippen LogP contribution in [0.25, 0.3) is 0 Å². The number of sulfonamides is 1. The van der Waals surface area contributed by atoms with Crippen molar-refractivity contribution in [3.8, 4) is 0 Å². The van der Waals surface area contributed by atoms with Gasteiger partial charge in [-0.05, 0) is 57.2 Å². The maximum atomic E-state index is 12.8. The van der Waals surface area contributed by atoms with Crippen LogP contribution in [0.15, 0.2) is 29.2 Å². The van der Waals surface area contributed by atoms with Crippen LogP contribution in [0.1, 0.15) is 49.9 Å². The second-order valence-corrected chi connectivity index (χ2v) is 8.71. The highest BCUT2D eigenvalue weighted by atomic mass is 32.2. The molecule has 2 rings (SSSR count). The number of aliphatic carboxylic acids is 1. The van der Waals surface area contributed by atoms with Gasteiger partial charge in [-0.25, -0.2) is 13.1 Å². The fourth-order valence-corrected chi connectivity index (χ4v) is 4.47. The molecule has 1 atom stereocenters. The lowest BCUT2D eigenvalue weighted by Crippen LogP contribution is -2.40. The van der Waals surface area contributed by atoms with Crippen molar-refractivity contribution in [1.82, 2.24) is 9.62 Å². The van der Waals surface area contributed by atoms with Crippen molar-refractivity contribution < 1.29 is 23.1 Å². The molecular formula is C18H26N2O5S. The third-order valence-electron chi connectivity index (χ3n) is 4.35. The van der Waals surface area contributed by atoms with Gasteiger partial charge in [-0.3, -0.25) is 9.59 Å². The Morgan fingerprint density at radius 1 is 1.35 bits per heavy atom. The molecule has 0 radical (unpaired) electrons. The number of likely N-dealkylation sites (tertiary alicyclic amines) is 1. The summed E-state index contributed by atoms with van der Waals surface area (Å²) in [6.45, 7) is 4.58. The lowest BCUT2D eigenvalue weighted by Gasteiger charge is -2.32. The number of benzene rings is 1. The lowest BCUT2D eigenvalue weighted by molar-refractivity contribution is -0.137. The molecule has 1 aromatic rings. The van der Waals surface area contributed by atoms with Gasteiger partial charge in [0.05, 0.1) is 4.90 Å². The topological polar surface area (TPSA) is 104 Å². The Hall–Kier alpha value is -1.93. The Bertz CT molecular complexity index is 761. The highest BCUT2D eigenvalue weighted by Gasteiger charge is 2.26. The number of hydrogen-bond donors (Lipinski definition) is 2. The zero-order chi connectivity index (χ0) is 19.3. The molecular weight excluding hydrogens is 356 g/mol. The number of rotatable bonds is 7. The van der Waals surface area contributed by atoms with Crippen LogP contribution < -0.4 is 4.72 Å². The van der Waals surface area contributed by atoms with E-state index in [4.69, 9.17) is 5.11 Å². The average molecular weight is 382 g/mol. The fraction of sp³-hybridized carbons (Fsp3) is 0.556. The molecule has 0 spiro atoms. The molecule has 1 aromatic carbocycles. The van der Waals surface area contributed by atoms with E-state index in [1.807, 2.05) is 0 Å². The summed E-state index contributed by atoms with van der Waals surface area (Å²) in [5.41, 5.74) is 0.329. The Labute approximate surface area is 154 Å². The smallest absolute Gasteiger partial charge is 0.303 e. The monoisotopic (exact) mass is 382 g/mol. The first-order chi connectivity index (χ1) is 12.2. The van der Waals surface area contributed by atoms with Crippen LogP contribution in [0, 0.1) is 5.92 Å². The van der Waals surface area contributed by atoms with Crippen molar-refractivity contribution in [3.63, 3.8) is 0 Å². The van der Waals surface area contributed by atoms with Crippen molar-refractivity contribution >= 4 is 21.9 Å². The van der Waals surface area contributed by atoms with Crippen LogP contribution in [0.2, 0.25) is 0 Å². The Balaban J connectivity index is 2.12. The average Bonchev–Trinajstić information content (AvgIpc) is 2.58. The van der Waals surface area contributed by atoms with E-state index < -0.39 is 16.0 Å². The number of carbonyl (C=O) groups is 2. The van der Waals surface area contributed by atoms with Crippen LogP contribution in [0.4, 0.5) is 0 Å². The van der Waals surface area contributed by atoms with Crippen LogP contribution >= 0.6 is 0 Å². The molecule has 2 N–H and O–H groups in total. The van der Waals surface area contributed by atoms with Crippen molar-refractivity contribution in [1.29, 1.82) is 0 Å². The molecule has 1 unspecified atom stereocenters. The zero-order valence-corrected chi connectivity index (χ0v) is 16.0. The van der Waals surface area contributed by atoms with Gasteiger partial charge in [0.15, 0.2) is 0 Å². The van der Waals surface area contributed by atoms with E-state index in [1.165, 1.54) is 12.1 Å². The molecule has 0 aliphatic carbocycles. The Morgan fingerprint density at radius 2 is 2.08 bits per heavy atom. The summed E-state index contributed by atoms with van der Waals surface area (Å²) in [6, 6.07) is 5.80. The number of hydrogen-bond acceptors (Lipinski definition) is 4. The fourth-order valence-electron chi connectivity index (χ4n) is 3.17. The van der Waals surface area contributed by atoms with Crippen LogP contribution in [0.5, 0.6) is 0 Å². The second-order valence-electron chi connectivity index (χ2n) is 7.00. The van der Waals surface area contributed by atoms with Gasteiger partial charge >= 0.3 is 5.97 Å². The minimum Gasteiger partial charge on any atom is -0.481 e. The molecule has 144 valence electrons. The predicted molar refractivity (Wildman–Crippen MR) is 97.4 cm³/mol. The molecule has 1 aliphatic rings. The molecule has 0 bridgehead atoms. The third-order valence-corrected chi connectivity index (χ3v) is 6.01. The molecule has 26 heavy (non-hydrogen) atoms.